The molecule has 0 amide bonds. The minimum absolute atomic E-state index is 0.125. The van der Waals surface area contributed by atoms with Crippen molar-refractivity contribution in [2.45, 2.75) is 38.4 Å². The van der Waals surface area contributed by atoms with Gasteiger partial charge in [-0.05, 0) is 37.0 Å². The van der Waals surface area contributed by atoms with E-state index in [-0.39, 0.29) is 6.04 Å². The van der Waals surface area contributed by atoms with Gasteiger partial charge in [0.25, 0.3) is 5.56 Å². The van der Waals surface area contributed by atoms with Crippen LogP contribution in [0.1, 0.15) is 43.0 Å². The van der Waals surface area contributed by atoms with Crippen LogP contribution in [-0.2, 0) is 6.54 Å². The molecule has 2 aromatic heterocycles. The highest BCUT2D eigenvalue weighted by atomic mass is 16.2. The van der Waals surface area contributed by atoms with Crippen molar-refractivity contribution in [3.8, 4) is 11.4 Å². The quantitative estimate of drug-likeness (QED) is 0.743. The van der Waals surface area contributed by atoms with Crippen LogP contribution in [0.5, 0.6) is 0 Å². The van der Waals surface area contributed by atoms with E-state index < -0.39 is 11.2 Å². The van der Waals surface area contributed by atoms with Crippen LogP contribution >= 0.6 is 0 Å². The van der Waals surface area contributed by atoms with Gasteiger partial charge in [0.15, 0.2) is 11.5 Å². The molecule has 1 aliphatic carbocycles. The molecule has 2 N–H and O–H groups in total. The molecule has 0 spiro atoms. The van der Waals surface area contributed by atoms with Gasteiger partial charge in [-0.25, -0.2) is 14.8 Å². The SMILES string of the molecule is CC1NCc2cc(-c3ncc4c(=O)[nH]c(=O)n(C5CC5)c4n3)ccc21. The molecule has 126 valence electrons. The fourth-order valence-corrected chi connectivity index (χ4v) is 3.54. The zero-order valence-electron chi connectivity index (χ0n) is 13.7. The van der Waals surface area contributed by atoms with E-state index in [1.807, 2.05) is 6.07 Å². The van der Waals surface area contributed by atoms with Crippen molar-refractivity contribution < 1.29 is 0 Å². The van der Waals surface area contributed by atoms with Crippen LogP contribution in [0.3, 0.4) is 0 Å². The number of rotatable bonds is 2. The lowest BCUT2D eigenvalue weighted by Gasteiger charge is -2.09. The lowest BCUT2D eigenvalue weighted by Crippen LogP contribution is -2.30. The highest BCUT2D eigenvalue weighted by Gasteiger charge is 2.28. The molecule has 2 aliphatic rings. The molecule has 1 aromatic carbocycles. The highest BCUT2D eigenvalue weighted by Crippen LogP contribution is 2.35. The van der Waals surface area contributed by atoms with Crippen LogP contribution in [-0.4, -0.2) is 19.5 Å². The average Bonchev–Trinajstić information content (AvgIpc) is 3.37. The number of hydrogen-bond acceptors (Lipinski definition) is 5. The molecule has 0 radical (unpaired) electrons. The van der Waals surface area contributed by atoms with E-state index in [0.717, 1.165) is 24.9 Å². The Morgan fingerprint density at radius 2 is 2.08 bits per heavy atom. The lowest BCUT2D eigenvalue weighted by molar-refractivity contribution is 0.633. The van der Waals surface area contributed by atoms with Crippen LogP contribution in [0.2, 0.25) is 0 Å². The summed E-state index contributed by atoms with van der Waals surface area (Å²) in [6.45, 7) is 2.96. The van der Waals surface area contributed by atoms with E-state index in [0.29, 0.717) is 22.9 Å². The largest absolute Gasteiger partial charge is 0.330 e. The van der Waals surface area contributed by atoms with Crippen molar-refractivity contribution in [2.75, 3.05) is 0 Å². The second-order valence-electron chi connectivity index (χ2n) is 6.81. The zero-order chi connectivity index (χ0) is 17.1. The first-order valence-corrected chi connectivity index (χ1v) is 8.50. The Morgan fingerprint density at radius 1 is 1.24 bits per heavy atom. The maximum atomic E-state index is 12.2. The first kappa shape index (κ1) is 14.5. The molecule has 5 rings (SSSR count). The van der Waals surface area contributed by atoms with Gasteiger partial charge in [-0.15, -0.1) is 0 Å². The van der Waals surface area contributed by atoms with E-state index in [1.54, 1.807) is 4.57 Å². The molecule has 3 aromatic rings. The molecule has 7 heteroatoms. The maximum absolute atomic E-state index is 12.2. The number of benzene rings is 1. The van der Waals surface area contributed by atoms with E-state index in [1.165, 1.54) is 17.3 Å². The van der Waals surface area contributed by atoms with E-state index in [4.69, 9.17) is 0 Å². The molecule has 7 nitrogen and oxygen atoms in total. The van der Waals surface area contributed by atoms with Crippen LogP contribution in [0.15, 0.2) is 34.0 Å². The van der Waals surface area contributed by atoms with E-state index in [9.17, 15) is 9.59 Å². The standard InChI is InChI=1S/C18H17N5O2/c1-9-13-5-2-10(6-11(13)7-19-9)15-20-8-14-16(21-15)23(12-3-4-12)18(25)22-17(14)24/h2,5-6,8-9,12,19H,3-4,7H2,1H3,(H,22,24,25). The van der Waals surface area contributed by atoms with Gasteiger partial charge in [-0.3, -0.25) is 14.3 Å². The first-order chi connectivity index (χ1) is 12.1. The Hall–Kier alpha value is -2.80. The molecule has 0 saturated heterocycles. The average molecular weight is 335 g/mol. The van der Waals surface area contributed by atoms with Gasteiger partial charge in [0.05, 0.1) is 0 Å². The third kappa shape index (κ3) is 2.23. The van der Waals surface area contributed by atoms with Gasteiger partial charge in [0.2, 0.25) is 0 Å². The zero-order valence-corrected chi connectivity index (χ0v) is 13.7. The molecule has 1 atom stereocenters. The van der Waals surface area contributed by atoms with Crippen molar-refractivity contribution in [1.29, 1.82) is 0 Å². The molecule has 1 aliphatic heterocycles. The van der Waals surface area contributed by atoms with Crippen molar-refractivity contribution >= 4 is 11.0 Å². The van der Waals surface area contributed by atoms with E-state index in [2.05, 4.69) is 39.3 Å². The summed E-state index contributed by atoms with van der Waals surface area (Å²) in [5.41, 5.74) is 3.02. The van der Waals surface area contributed by atoms with Gasteiger partial charge in [0, 0.05) is 30.4 Å². The van der Waals surface area contributed by atoms with Gasteiger partial charge in [-0.2, -0.15) is 0 Å². The summed E-state index contributed by atoms with van der Waals surface area (Å²) in [5, 5.41) is 3.76. The molecule has 1 unspecified atom stereocenters. The molecule has 0 bridgehead atoms. The van der Waals surface area contributed by atoms with Crippen LogP contribution < -0.4 is 16.6 Å². The second-order valence-corrected chi connectivity index (χ2v) is 6.81. The fourth-order valence-electron chi connectivity index (χ4n) is 3.54. The number of nitrogens with zero attached hydrogens (tertiary/aromatic N) is 3. The normalized spacial score (nSPS) is 19.3. The summed E-state index contributed by atoms with van der Waals surface area (Å²) in [7, 11) is 0. The number of aromatic nitrogens is 4. The van der Waals surface area contributed by atoms with Crippen molar-refractivity contribution in [1.82, 2.24) is 24.8 Å². The van der Waals surface area contributed by atoms with Crippen molar-refractivity contribution in [2.24, 2.45) is 0 Å². The minimum Gasteiger partial charge on any atom is -0.306 e. The summed E-state index contributed by atoms with van der Waals surface area (Å²) in [5.74, 6) is 0.536. The monoisotopic (exact) mass is 335 g/mol. The number of H-pyrrole nitrogens is 1. The molecule has 25 heavy (non-hydrogen) atoms. The number of aromatic amines is 1. The van der Waals surface area contributed by atoms with Crippen LogP contribution in [0.25, 0.3) is 22.4 Å². The predicted octanol–water partition coefficient (Wildman–Crippen LogP) is 1.65. The molecule has 1 fully saturated rings. The molecular weight excluding hydrogens is 318 g/mol. The summed E-state index contributed by atoms with van der Waals surface area (Å²) in [6, 6.07) is 6.64. The third-order valence-electron chi connectivity index (χ3n) is 5.06. The van der Waals surface area contributed by atoms with Gasteiger partial charge >= 0.3 is 5.69 Å². The minimum atomic E-state index is -0.435. The Bertz CT molecular complexity index is 1130. The first-order valence-electron chi connectivity index (χ1n) is 8.50. The summed E-state index contributed by atoms with van der Waals surface area (Å²) in [4.78, 5) is 35.6. The molecule has 3 heterocycles. The van der Waals surface area contributed by atoms with Crippen LogP contribution in [0, 0.1) is 0 Å². The topological polar surface area (TPSA) is 92.7 Å². The van der Waals surface area contributed by atoms with Crippen molar-refractivity contribution in [3.63, 3.8) is 0 Å². The Kier molecular flexibility index (Phi) is 2.96. The van der Waals surface area contributed by atoms with Gasteiger partial charge in [-0.1, -0.05) is 12.1 Å². The number of hydrogen-bond donors (Lipinski definition) is 2. The van der Waals surface area contributed by atoms with Crippen molar-refractivity contribution in [3.05, 3.63) is 56.4 Å². The molecule has 1 saturated carbocycles. The lowest BCUT2D eigenvalue weighted by atomic mass is 10.0. The fraction of sp³-hybridized carbons (Fsp3) is 0.333. The van der Waals surface area contributed by atoms with Gasteiger partial charge < -0.3 is 5.32 Å². The summed E-state index contributed by atoms with van der Waals surface area (Å²) in [6.07, 6.45) is 3.38. The highest BCUT2D eigenvalue weighted by molar-refractivity contribution is 5.75. The second kappa shape index (κ2) is 5.10. The number of fused-ring (bicyclic) bond motifs is 2. The van der Waals surface area contributed by atoms with Gasteiger partial charge in [0.1, 0.15) is 5.39 Å². The maximum Gasteiger partial charge on any atom is 0.330 e. The molecular formula is C18H17N5O2. The number of nitrogens with one attached hydrogen (secondary N) is 2. The summed E-state index contributed by atoms with van der Waals surface area (Å²) >= 11 is 0. The Balaban J connectivity index is 1.72. The Morgan fingerprint density at radius 3 is 2.88 bits per heavy atom. The smallest absolute Gasteiger partial charge is 0.306 e. The third-order valence-corrected chi connectivity index (χ3v) is 5.06. The van der Waals surface area contributed by atoms with Crippen LogP contribution in [0.4, 0.5) is 0 Å². The Labute approximate surface area is 142 Å². The van der Waals surface area contributed by atoms with E-state index >= 15 is 0 Å². The summed E-state index contributed by atoms with van der Waals surface area (Å²) < 4.78 is 1.60. The predicted molar refractivity (Wildman–Crippen MR) is 93.4 cm³/mol.